The summed E-state index contributed by atoms with van der Waals surface area (Å²) in [4.78, 5) is 14.7. The molecule has 0 fully saturated rings. The van der Waals surface area contributed by atoms with Gasteiger partial charge in [-0.2, -0.15) is 0 Å². The van der Waals surface area contributed by atoms with Gasteiger partial charge in [0, 0.05) is 37.7 Å². The van der Waals surface area contributed by atoms with Crippen LogP contribution < -0.4 is 10.6 Å². The Bertz CT molecular complexity index is 737. The third kappa shape index (κ3) is 6.29. The highest BCUT2D eigenvalue weighted by atomic mass is 127. The zero-order valence-electron chi connectivity index (χ0n) is 15.2. The second-order valence-corrected chi connectivity index (χ2v) is 5.99. The third-order valence-corrected chi connectivity index (χ3v) is 4.24. The van der Waals surface area contributed by atoms with Crippen LogP contribution >= 0.6 is 24.0 Å². The number of guanidine groups is 1. The zero-order valence-corrected chi connectivity index (χ0v) is 17.5. The summed E-state index contributed by atoms with van der Waals surface area (Å²) < 4.78 is 0. The maximum Gasteiger partial charge on any atom is 0.269 e. The van der Waals surface area contributed by atoms with Crippen molar-refractivity contribution in [2.75, 3.05) is 7.05 Å². The van der Waals surface area contributed by atoms with Gasteiger partial charge in [0.05, 0.1) is 4.92 Å². The van der Waals surface area contributed by atoms with Gasteiger partial charge in [-0.25, -0.2) is 0 Å². The molecule has 0 spiro atoms. The molecule has 6 nitrogen and oxygen atoms in total. The minimum atomic E-state index is -0.389. The molecule has 0 saturated heterocycles. The Morgan fingerprint density at radius 3 is 2.46 bits per heavy atom. The molecule has 0 aromatic heterocycles. The van der Waals surface area contributed by atoms with Gasteiger partial charge in [0.15, 0.2) is 5.96 Å². The Kier molecular flexibility index (Phi) is 9.04. The highest BCUT2D eigenvalue weighted by molar-refractivity contribution is 14.0. The third-order valence-electron chi connectivity index (χ3n) is 4.24. The lowest BCUT2D eigenvalue weighted by Crippen LogP contribution is -2.43. The van der Waals surface area contributed by atoms with E-state index in [2.05, 4.69) is 41.6 Å². The summed E-state index contributed by atoms with van der Waals surface area (Å²) >= 11 is 0. The number of nitrogens with zero attached hydrogens (tertiary/aromatic N) is 2. The van der Waals surface area contributed by atoms with E-state index in [-0.39, 0.29) is 40.6 Å². The summed E-state index contributed by atoms with van der Waals surface area (Å²) in [5, 5.41) is 17.4. The molecule has 2 unspecified atom stereocenters. The van der Waals surface area contributed by atoms with Crippen LogP contribution in [0.3, 0.4) is 0 Å². The van der Waals surface area contributed by atoms with E-state index in [1.165, 1.54) is 11.6 Å². The van der Waals surface area contributed by atoms with Crippen LogP contribution in [-0.2, 0) is 6.54 Å². The molecule has 7 heteroatoms. The average molecular weight is 468 g/mol. The van der Waals surface area contributed by atoms with E-state index in [0.717, 1.165) is 5.56 Å². The molecule has 140 valence electrons. The zero-order chi connectivity index (χ0) is 18.2. The lowest BCUT2D eigenvalue weighted by molar-refractivity contribution is -0.384. The summed E-state index contributed by atoms with van der Waals surface area (Å²) in [5.74, 6) is 0.986. The Labute approximate surface area is 171 Å². The number of halogens is 1. The fourth-order valence-corrected chi connectivity index (χ4v) is 2.55. The molecule has 0 aliphatic carbocycles. The van der Waals surface area contributed by atoms with E-state index < -0.39 is 0 Å². The van der Waals surface area contributed by atoms with Gasteiger partial charge in [-0.3, -0.25) is 15.1 Å². The first-order chi connectivity index (χ1) is 12.0. The fourth-order valence-electron chi connectivity index (χ4n) is 2.55. The van der Waals surface area contributed by atoms with Gasteiger partial charge in [0.1, 0.15) is 0 Å². The van der Waals surface area contributed by atoms with E-state index in [1.807, 2.05) is 24.3 Å². The Hall–Kier alpha value is -2.16. The van der Waals surface area contributed by atoms with Gasteiger partial charge in [-0.1, -0.05) is 49.4 Å². The molecule has 26 heavy (non-hydrogen) atoms. The second-order valence-electron chi connectivity index (χ2n) is 5.99. The van der Waals surface area contributed by atoms with Crippen molar-refractivity contribution in [1.82, 2.24) is 10.6 Å². The minimum Gasteiger partial charge on any atom is -0.353 e. The lowest BCUT2D eigenvalue weighted by Gasteiger charge is -2.24. The van der Waals surface area contributed by atoms with Crippen molar-refractivity contribution in [1.29, 1.82) is 0 Å². The van der Waals surface area contributed by atoms with Crippen LogP contribution in [0.5, 0.6) is 0 Å². The van der Waals surface area contributed by atoms with Crippen molar-refractivity contribution in [3.8, 4) is 0 Å². The summed E-state index contributed by atoms with van der Waals surface area (Å²) in [6, 6.07) is 17.1. The van der Waals surface area contributed by atoms with Crippen molar-refractivity contribution in [2.24, 2.45) is 4.99 Å². The molecule has 0 radical (unpaired) electrons. The lowest BCUT2D eigenvalue weighted by atomic mass is 9.94. The van der Waals surface area contributed by atoms with Gasteiger partial charge in [0.2, 0.25) is 0 Å². The predicted molar refractivity (Wildman–Crippen MR) is 116 cm³/mol. The number of rotatable bonds is 6. The van der Waals surface area contributed by atoms with E-state index in [0.29, 0.717) is 18.4 Å². The first kappa shape index (κ1) is 21.9. The van der Waals surface area contributed by atoms with Crippen molar-refractivity contribution in [3.63, 3.8) is 0 Å². The van der Waals surface area contributed by atoms with Gasteiger partial charge in [0.25, 0.3) is 5.69 Å². The molecule has 2 rings (SSSR count). The summed E-state index contributed by atoms with van der Waals surface area (Å²) in [7, 11) is 1.71. The van der Waals surface area contributed by atoms with Crippen molar-refractivity contribution < 1.29 is 4.92 Å². The van der Waals surface area contributed by atoms with Crippen LogP contribution in [0, 0.1) is 10.1 Å². The maximum atomic E-state index is 10.9. The molecule has 2 atom stereocenters. The molecule has 0 saturated carbocycles. The first-order valence-electron chi connectivity index (χ1n) is 8.26. The smallest absolute Gasteiger partial charge is 0.269 e. The standard InChI is InChI=1S/C19H24N4O2.HI/c1-14(17-9-5-4-6-10-17)15(2)22-19(20-3)21-13-16-8-7-11-18(12-16)23(24)25;/h4-12,14-15H,13H2,1-3H3,(H2,20,21,22);1H. The number of nitro benzene ring substituents is 1. The molecule has 2 N–H and O–H groups in total. The summed E-state index contributed by atoms with van der Waals surface area (Å²) in [6.07, 6.45) is 0. The molecule has 0 amide bonds. The number of benzene rings is 2. The van der Waals surface area contributed by atoms with E-state index >= 15 is 0 Å². The Morgan fingerprint density at radius 1 is 1.15 bits per heavy atom. The Balaban J connectivity index is 0.00000338. The highest BCUT2D eigenvalue weighted by Gasteiger charge is 2.15. The number of hydrogen-bond acceptors (Lipinski definition) is 3. The van der Waals surface area contributed by atoms with Crippen LogP contribution in [0.1, 0.15) is 30.9 Å². The molecular formula is C19H25IN4O2. The van der Waals surface area contributed by atoms with E-state index in [9.17, 15) is 10.1 Å². The largest absolute Gasteiger partial charge is 0.353 e. The SMILES string of the molecule is CN=C(NCc1cccc([N+](=O)[O-])c1)NC(C)C(C)c1ccccc1.I. The number of non-ortho nitro benzene ring substituents is 1. The molecule has 2 aromatic rings. The normalized spacial score (nSPS) is 13.3. The topological polar surface area (TPSA) is 79.6 Å². The van der Waals surface area contributed by atoms with Crippen molar-refractivity contribution in [3.05, 3.63) is 75.8 Å². The Morgan fingerprint density at radius 2 is 1.85 bits per heavy atom. The van der Waals surface area contributed by atoms with Crippen molar-refractivity contribution >= 4 is 35.6 Å². The number of hydrogen-bond donors (Lipinski definition) is 2. The molecule has 0 heterocycles. The number of nitro groups is 1. The monoisotopic (exact) mass is 468 g/mol. The van der Waals surface area contributed by atoms with Gasteiger partial charge >= 0.3 is 0 Å². The molecular weight excluding hydrogens is 443 g/mol. The summed E-state index contributed by atoms with van der Waals surface area (Å²) in [6.45, 7) is 4.74. The van der Waals surface area contributed by atoms with Crippen LogP contribution in [0.2, 0.25) is 0 Å². The first-order valence-corrected chi connectivity index (χ1v) is 8.26. The molecule has 0 aliphatic rings. The highest BCUT2D eigenvalue weighted by Crippen LogP contribution is 2.18. The van der Waals surface area contributed by atoms with Crippen LogP contribution in [0.4, 0.5) is 5.69 Å². The molecule has 2 aromatic carbocycles. The van der Waals surface area contributed by atoms with Gasteiger partial charge in [-0.05, 0) is 18.1 Å². The average Bonchev–Trinajstić information content (AvgIpc) is 2.65. The second kappa shape index (κ2) is 10.7. The number of aliphatic imine (C=N–C) groups is 1. The van der Waals surface area contributed by atoms with Gasteiger partial charge in [-0.15, -0.1) is 24.0 Å². The fraction of sp³-hybridized carbons (Fsp3) is 0.316. The van der Waals surface area contributed by atoms with Crippen LogP contribution in [-0.4, -0.2) is 24.0 Å². The molecule has 0 aliphatic heterocycles. The number of nitrogens with one attached hydrogen (secondary N) is 2. The minimum absolute atomic E-state index is 0. The van der Waals surface area contributed by atoms with Crippen LogP contribution in [0.15, 0.2) is 59.6 Å². The van der Waals surface area contributed by atoms with E-state index in [4.69, 9.17) is 0 Å². The van der Waals surface area contributed by atoms with Crippen LogP contribution in [0.25, 0.3) is 0 Å². The summed E-state index contributed by atoms with van der Waals surface area (Å²) in [5.41, 5.74) is 2.19. The quantitative estimate of drug-likeness (QED) is 0.220. The van der Waals surface area contributed by atoms with E-state index in [1.54, 1.807) is 19.2 Å². The van der Waals surface area contributed by atoms with Gasteiger partial charge < -0.3 is 10.6 Å². The maximum absolute atomic E-state index is 10.9. The predicted octanol–water partition coefficient (Wildman–Crippen LogP) is 4.07. The van der Waals surface area contributed by atoms with Crippen molar-refractivity contribution in [2.45, 2.75) is 32.4 Å². The molecule has 0 bridgehead atoms.